The average molecular weight is 340 g/mol. The molecule has 0 aromatic rings. The third-order valence-corrected chi connectivity index (χ3v) is 4.50. The van der Waals surface area contributed by atoms with Gasteiger partial charge in [-0.15, -0.1) is 0 Å². The Hall–Kier alpha value is -1.59. The Morgan fingerprint density at radius 1 is 1.12 bits per heavy atom. The lowest BCUT2D eigenvalue weighted by Crippen LogP contribution is -2.45. The van der Waals surface area contributed by atoms with Gasteiger partial charge in [0.05, 0.1) is 0 Å². The van der Waals surface area contributed by atoms with Gasteiger partial charge < -0.3 is 15.3 Å². The van der Waals surface area contributed by atoms with Crippen LogP contribution in [0.15, 0.2) is 0 Å². The van der Waals surface area contributed by atoms with Gasteiger partial charge in [-0.2, -0.15) is 0 Å². The molecule has 1 heterocycles. The fourth-order valence-corrected chi connectivity index (χ4v) is 3.08. The molecule has 1 aliphatic rings. The molecule has 1 fully saturated rings. The maximum atomic E-state index is 12.3. The number of unbranched alkanes of at least 4 members (excludes halogenated alkanes) is 6. The van der Waals surface area contributed by atoms with Crippen LogP contribution in [0.1, 0.15) is 77.6 Å². The van der Waals surface area contributed by atoms with Crippen molar-refractivity contribution in [2.24, 2.45) is 0 Å². The lowest BCUT2D eigenvalue weighted by molar-refractivity contribution is -0.137. The van der Waals surface area contributed by atoms with Crippen molar-refractivity contribution in [1.29, 1.82) is 0 Å². The van der Waals surface area contributed by atoms with E-state index in [1.165, 1.54) is 12.8 Å². The van der Waals surface area contributed by atoms with Gasteiger partial charge in [0.25, 0.3) is 0 Å². The first-order valence-electron chi connectivity index (χ1n) is 9.35. The maximum Gasteiger partial charge on any atom is 0.303 e. The normalized spacial score (nSPS) is 17.3. The Labute approximate surface area is 145 Å². The number of carbonyl (C=O) groups is 3. The standard InChI is InChI=1S/C18H32N2O4/c1-2-3-4-8-13-19-18(24)15-11-12-16(21)20(15)14-9-6-5-7-10-17(22)23/h15H,2-14H2,1H3,(H,19,24)(H,22,23)/t15-/m0/s1. The molecule has 0 bridgehead atoms. The number of nitrogens with one attached hydrogen (secondary N) is 1. The minimum absolute atomic E-state index is 0.0248. The van der Waals surface area contributed by atoms with E-state index < -0.39 is 5.97 Å². The summed E-state index contributed by atoms with van der Waals surface area (Å²) in [6.45, 7) is 3.44. The van der Waals surface area contributed by atoms with Crippen LogP contribution in [0.5, 0.6) is 0 Å². The first kappa shape index (κ1) is 20.5. The molecule has 6 heteroatoms. The van der Waals surface area contributed by atoms with Crippen LogP contribution in [0.4, 0.5) is 0 Å². The Balaban J connectivity index is 2.24. The van der Waals surface area contributed by atoms with Crippen molar-refractivity contribution in [2.45, 2.75) is 83.6 Å². The van der Waals surface area contributed by atoms with Crippen molar-refractivity contribution in [2.75, 3.05) is 13.1 Å². The molecule has 0 spiro atoms. The highest BCUT2D eigenvalue weighted by Gasteiger charge is 2.35. The van der Waals surface area contributed by atoms with Crippen LogP contribution in [0, 0.1) is 0 Å². The van der Waals surface area contributed by atoms with Crippen LogP contribution in [0.2, 0.25) is 0 Å². The number of amides is 2. The SMILES string of the molecule is CCCCCCNC(=O)[C@@H]1CCC(=O)N1CCCCCCC(=O)O. The minimum atomic E-state index is -0.764. The molecule has 138 valence electrons. The van der Waals surface area contributed by atoms with Gasteiger partial charge >= 0.3 is 5.97 Å². The van der Waals surface area contributed by atoms with E-state index in [1.807, 2.05) is 0 Å². The van der Waals surface area contributed by atoms with E-state index in [0.717, 1.165) is 32.1 Å². The van der Waals surface area contributed by atoms with Gasteiger partial charge in [-0.3, -0.25) is 14.4 Å². The monoisotopic (exact) mass is 340 g/mol. The first-order valence-corrected chi connectivity index (χ1v) is 9.35. The third-order valence-electron chi connectivity index (χ3n) is 4.50. The zero-order valence-electron chi connectivity index (χ0n) is 14.9. The molecule has 1 saturated heterocycles. The topological polar surface area (TPSA) is 86.7 Å². The van der Waals surface area contributed by atoms with Crippen LogP contribution in [-0.4, -0.2) is 46.9 Å². The second kappa shape index (κ2) is 11.9. The fraction of sp³-hybridized carbons (Fsp3) is 0.833. The van der Waals surface area contributed by atoms with Crippen LogP contribution in [-0.2, 0) is 14.4 Å². The number of carboxylic acid groups (broad SMARTS) is 1. The molecule has 24 heavy (non-hydrogen) atoms. The maximum absolute atomic E-state index is 12.3. The highest BCUT2D eigenvalue weighted by atomic mass is 16.4. The lowest BCUT2D eigenvalue weighted by Gasteiger charge is -2.24. The molecule has 1 rings (SSSR count). The molecule has 0 unspecified atom stereocenters. The van der Waals surface area contributed by atoms with E-state index in [2.05, 4.69) is 12.2 Å². The molecule has 2 amide bonds. The second-order valence-corrected chi connectivity index (χ2v) is 6.55. The number of rotatable bonds is 13. The smallest absolute Gasteiger partial charge is 0.303 e. The second-order valence-electron chi connectivity index (χ2n) is 6.55. The molecule has 0 saturated carbocycles. The zero-order valence-corrected chi connectivity index (χ0v) is 14.9. The number of carbonyl (C=O) groups excluding carboxylic acids is 2. The molecule has 0 aromatic heterocycles. The molecule has 0 aromatic carbocycles. The molecular formula is C18H32N2O4. The highest BCUT2D eigenvalue weighted by molar-refractivity contribution is 5.90. The molecule has 2 N–H and O–H groups in total. The van der Waals surface area contributed by atoms with Crippen LogP contribution < -0.4 is 5.32 Å². The zero-order chi connectivity index (χ0) is 17.8. The largest absolute Gasteiger partial charge is 0.481 e. The van der Waals surface area contributed by atoms with Gasteiger partial charge in [-0.1, -0.05) is 39.0 Å². The van der Waals surface area contributed by atoms with E-state index in [-0.39, 0.29) is 24.3 Å². The van der Waals surface area contributed by atoms with Crippen LogP contribution >= 0.6 is 0 Å². The van der Waals surface area contributed by atoms with Crippen molar-refractivity contribution in [3.05, 3.63) is 0 Å². The Kier molecular flexibility index (Phi) is 10.1. The number of nitrogens with zero attached hydrogens (tertiary/aromatic N) is 1. The van der Waals surface area contributed by atoms with Gasteiger partial charge in [-0.25, -0.2) is 0 Å². The molecule has 6 nitrogen and oxygen atoms in total. The molecule has 1 aliphatic heterocycles. The number of hydrogen-bond donors (Lipinski definition) is 2. The quantitative estimate of drug-likeness (QED) is 0.505. The van der Waals surface area contributed by atoms with Crippen molar-refractivity contribution in [3.63, 3.8) is 0 Å². The minimum Gasteiger partial charge on any atom is -0.481 e. The average Bonchev–Trinajstić information content (AvgIpc) is 2.91. The fourth-order valence-electron chi connectivity index (χ4n) is 3.08. The summed E-state index contributed by atoms with van der Waals surface area (Å²) in [5, 5.41) is 11.6. The lowest BCUT2D eigenvalue weighted by atomic mass is 10.1. The first-order chi connectivity index (χ1) is 11.6. The van der Waals surface area contributed by atoms with Gasteiger partial charge in [0, 0.05) is 25.9 Å². The summed E-state index contributed by atoms with van der Waals surface area (Å²) >= 11 is 0. The summed E-state index contributed by atoms with van der Waals surface area (Å²) in [5.41, 5.74) is 0. The predicted octanol–water partition coefficient (Wildman–Crippen LogP) is 2.71. The summed E-state index contributed by atoms with van der Waals surface area (Å²) in [7, 11) is 0. The third kappa shape index (κ3) is 7.79. The van der Waals surface area contributed by atoms with E-state index in [9.17, 15) is 14.4 Å². The molecular weight excluding hydrogens is 308 g/mol. The van der Waals surface area contributed by atoms with Crippen molar-refractivity contribution >= 4 is 17.8 Å². The van der Waals surface area contributed by atoms with E-state index in [4.69, 9.17) is 5.11 Å². The van der Waals surface area contributed by atoms with Crippen molar-refractivity contribution in [3.8, 4) is 0 Å². The van der Waals surface area contributed by atoms with E-state index in [1.54, 1.807) is 4.90 Å². The molecule has 1 atom stereocenters. The predicted molar refractivity (Wildman–Crippen MR) is 92.6 cm³/mol. The summed E-state index contributed by atoms with van der Waals surface area (Å²) in [4.78, 5) is 36.4. The summed E-state index contributed by atoms with van der Waals surface area (Å²) in [6, 6.07) is -0.317. The van der Waals surface area contributed by atoms with Gasteiger partial charge in [-0.05, 0) is 25.7 Å². The van der Waals surface area contributed by atoms with E-state index in [0.29, 0.717) is 32.4 Å². The van der Waals surface area contributed by atoms with Crippen LogP contribution in [0.25, 0.3) is 0 Å². The van der Waals surface area contributed by atoms with Gasteiger partial charge in [0.1, 0.15) is 6.04 Å². The van der Waals surface area contributed by atoms with Gasteiger partial charge in [0.2, 0.25) is 11.8 Å². The molecule has 0 aliphatic carbocycles. The van der Waals surface area contributed by atoms with Crippen molar-refractivity contribution < 1.29 is 19.5 Å². The Bertz CT molecular complexity index is 412. The Morgan fingerprint density at radius 2 is 1.83 bits per heavy atom. The Morgan fingerprint density at radius 3 is 2.54 bits per heavy atom. The number of likely N-dealkylation sites (tertiary alicyclic amines) is 1. The summed E-state index contributed by atoms with van der Waals surface area (Å²) in [5.74, 6) is -0.727. The van der Waals surface area contributed by atoms with Crippen LogP contribution in [0.3, 0.4) is 0 Å². The van der Waals surface area contributed by atoms with Gasteiger partial charge in [0.15, 0.2) is 0 Å². The van der Waals surface area contributed by atoms with Crippen molar-refractivity contribution in [1.82, 2.24) is 10.2 Å². The summed E-state index contributed by atoms with van der Waals surface area (Å²) in [6.07, 6.45) is 8.97. The number of hydrogen-bond acceptors (Lipinski definition) is 3. The summed E-state index contributed by atoms with van der Waals surface area (Å²) < 4.78 is 0. The highest BCUT2D eigenvalue weighted by Crippen LogP contribution is 2.20. The number of carboxylic acids is 1. The number of aliphatic carboxylic acids is 1. The van der Waals surface area contributed by atoms with E-state index >= 15 is 0 Å². The molecule has 0 radical (unpaired) electrons.